The zero-order chi connectivity index (χ0) is 19.5. The van der Waals surface area contributed by atoms with Gasteiger partial charge in [-0.2, -0.15) is 5.10 Å². The van der Waals surface area contributed by atoms with Crippen LogP contribution in [0.4, 0.5) is 0 Å². The van der Waals surface area contributed by atoms with Gasteiger partial charge in [0, 0.05) is 36.7 Å². The molecule has 0 radical (unpaired) electrons. The van der Waals surface area contributed by atoms with Gasteiger partial charge in [-0.15, -0.1) is 0 Å². The quantitative estimate of drug-likeness (QED) is 0.507. The molecule has 0 unspecified atom stereocenters. The van der Waals surface area contributed by atoms with E-state index in [0.717, 1.165) is 5.69 Å². The fourth-order valence-electron chi connectivity index (χ4n) is 2.84. The summed E-state index contributed by atoms with van der Waals surface area (Å²) in [4.78, 5) is 8.58. The lowest BCUT2D eigenvalue weighted by Gasteiger charge is -2.13. The summed E-state index contributed by atoms with van der Waals surface area (Å²) < 4.78 is 23.9. The Bertz CT molecular complexity index is 1110. The van der Waals surface area contributed by atoms with E-state index in [-0.39, 0.29) is 0 Å². The van der Waals surface area contributed by atoms with Gasteiger partial charge in [0.15, 0.2) is 11.5 Å². The van der Waals surface area contributed by atoms with Crippen molar-refractivity contribution in [2.75, 3.05) is 21.3 Å². The molecule has 8 heteroatoms. The zero-order valence-corrected chi connectivity index (χ0v) is 15.6. The molecule has 4 aromatic rings. The molecule has 2 aromatic carbocycles. The molecule has 0 atom stereocenters. The molecule has 0 spiro atoms. The van der Waals surface area contributed by atoms with Crippen molar-refractivity contribution in [1.82, 2.24) is 19.7 Å². The highest BCUT2D eigenvalue weighted by Crippen LogP contribution is 2.36. The average Bonchev–Trinajstić information content (AvgIpc) is 3.27. The number of hydrogen-bond acceptors (Lipinski definition) is 7. The van der Waals surface area contributed by atoms with Crippen molar-refractivity contribution in [1.29, 1.82) is 0 Å². The first-order valence-electron chi connectivity index (χ1n) is 8.45. The van der Waals surface area contributed by atoms with E-state index in [1.54, 1.807) is 50.4 Å². The van der Waals surface area contributed by atoms with Gasteiger partial charge in [0.1, 0.15) is 17.8 Å². The molecule has 0 saturated heterocycles. The summed E-state index contributed by atoms with van der Waals surface area (Å²) in [5.74, 6) is 2.74. The number of benzene rings is 2. The number of hydrogen-bond donors (Lipinski definition) is 0. The molecule has 0 aliphatic rings. The van der Waals surface area contributed by atoms with Crippen molar-refractivity contribution < 1.29 is 18.9 Å². The molecule has 0 bridgehead atoms. The number of rotatable bonds is 6. The predicted octanol–water partition coefficient (Wildman–Crippen LogP) is 3.63. The van der Waals surface area contributed by atoms with Crippen molar-refractivity contribution >= 4 is 10.9 Å². The summed E-state index contributed by atoms with van der Waals surface area (Å²) >= 11 is 0. The Morgan fingerprint density at radius 1 is 0.821 bits per heavy atom. The van der Waals surface area contributed by atoms with Crippen LogP contribution in [0.25, 0.3) is 16.6 Å². The van der Waals surface area contributed by atoms with Crippen LogP contribution in [0, 0.1) is 0 Å². The van der Waals surface area contributed by atoms with Crippen molar-refractivity contribution in [2.45, 2.75) is 0 Å². The Labute approximate surface area is 161 Å². The second-order valence-corrected chi connectivity index (χ2v) is 5.82. The molecule has 0 amide bonds. The average molecular weight is 378 g/mol. The van der Waals surface area contributed by atoms with Gasteiger partial charge in [-0.3, -0.25) is 0 Å². The van der Waals surface area contributed by atoms with Crippen LogP contribution in [-0.2, 0) is 0 Å². The molecule has 28 heavy (non-hydrogen) atoms. The molecule has 2 heterocycles. The van der Waals surface area contributed by atoms with E-state index < -0.39 is 0 Å². The maximum Gasteiger partial charge on any atom is 0.230 e. The fourth-order valence-corrected chi connectivity index (χ4v) is 2.84. The predicted molar refractivity (Wildman–Crippen MR) is 103 cm³/mol. The molecule has 0 aliphatic heterocycles. The first-order valence-corrected chi connectivity index (χ1v) is 8.45. The van der Waals surface area contributed by atoms with E-state index in [9.17, 15) is 0 Å². The number of nitrogens with zero attached hydrogens (tertiary/aromatic N) is 4. The van der Waals surface area contributed by atoms with Gasteiger partial charge in [-0.25, -0.2) is 14.6 Å². The van der Waals surface area contributed by atoms with Crippen molar-refractivity contribution in [3.63, 3.8) is 0 Å². The van der Waals surface area contributed by atoms with Gasteiger partial charge < -0.3 is 18.9 Å². The topological polar surface area (TPSA) is 80.5 Å². The highest BCUT2D eigenvalue weighted by atomic mass is 16.5. The molecule has 0 fully saturated rings. The van der Waals surface area contributed by atoms with E-state index in [4.69, 9.17) is 18.9 Å². The minimum Gasteiger partial charge on any atom is -0.497 e. The minimum absolute atomic E-state index is 0.394. The molecule has 2 aromatic heterocycles. The van der Waals surface area contributed by atoms with Crippen molar-refractivity contribution in [3.05, 3.63) is 55.1 Å². The molecule has 4 rings (SSSR count). The largest absolute Gasteiger partial charge is 0.497 e. The number of methoxy groups -OCH3 is 3. The van der Waals surface area contributed by atoms with Gasteiger partial charge in [0.2, 0.25) is 5.88 Å². The molecular weight excluding hydrogens is 360 g/mol. The van der Waals surface area contributed by atoms with Crippen LogP contribution >= 0.6 is 0 Å². The lowest BCUT2D eigenvalue weighted by atomic mass is 10.2. The summed E-state index contributed by atoms with van der Waals surface area (Å²) in [5, 5.41) is 4.95. The summed E-state index contributed by atoms with van der Waals surface area (Å²) in [7, 11) is 4.75. The Balaban J connectivity index is 1.79. The molecular formula is C20H18N4O4. The molecule has 0 N–H and O–H groups in total. The second kappa shape index (κ2) is 7.43. The highest BCUT2D eigenvalue weighted by Gasteiger charge is 2.13. The normalized spacial score (nSPS) is 10.7. The maximum absolute atomic E-state index is 6.08. The van der Waals surface area contributed by atoms with E-state index >= 15 is 0 Å². The number of ether oxygens (including phenoxy) is 4. The van der Waals surface area contributed by atoms with Crippen LogP contribution in [0.3, 0.4) is 0 Å². The third-order valence-electron chi connectivity index (χ3n) is 4.19. The third-order valence-corrected chi connectivity index (χ3v) is 4.19. The van der Waals surface area contributed by atoms with Crippen LogP contribution in [0.1, 0.15) is 0 Å². The zero-order valence-electron chi connectivity index (χ0n) is 15.6. The van der Waals surface area contributed by atoms with Crippen LogP contribution in [0.2, 0.25) is 0 Å². The Hall–Kier alpha value is -3.81. The standard InChI is InChI=1S/C20H18N4O4/c1-25-14-7-13(24-6-4-5-23-24)8-15(9-14)28-20-16-10-18(26-2)19(27-3)11-17(16)21-12-22-20/h4-12H,1-3H3. The molecule has 0 aliphatic carbocycles. The molecule has 0 saturated carbocycles. The van der Waals surface area contributed by atoms with Crippen LogP contribution < -0.4 is 18.9 Å². The third kappa shape index (κ3) is 3.27. The van der Waals surface area contributed by atoms with Gasteiger partial charge >= 0.3 is 0 Å². The smallest absolute Gasteiger partial charge is 0.230 e. The van der Waals surface area contributed by atoms with E-state index in [1.165, 1.54) is 6.33 Å². The van der Waals surface area contributed by atoms with Gasteiger partial charge in [-0.1, -0.05) is 0 Å². The summed E-state index contributed by atoms with van der Waals surface area (Å²) in [6.45, 7) is 0. The Morgan fingerprint density at radius 2 is 1.61 bits per heavy atom. The minimum atomic E-state index is 0.394. The lowest BCUT2D eigenvalue weighted by molar-refractivity contribution is 0.355. The SMILES string of the molecule is COc1cc(Oc2ncnc3cc(OC)c(OC)cc23)cc(-n2cccn2)c1. The summed E-state index contributed by atoms with van der Waals surface area (Å²) in [5.41, 5.74) is 1.48. The summed E-state index contributed by atoms with van der Waals surface area (Å²) in [6.07, 6.45) is 4.99. The highest BCUT2D eigenvalue weighted by molar-refractivity contribution is 5.87. The number of aromatic nitrogens is 4. The summed E-state index contributed by atoms with van der Waals surface area (Å²) in [6, 6.07) is 10.9. The van der Waals surface area contributed by atoms with E-state index in [2.05, 4.69) is 15.1 Å². The first kappa shape index (κ1) is 17.6. The van der Waals surface area contributed by atoms with Gasteiger partial charge in [0.25, 0.3) is 0 Å². The van der Waals surface area contributed by atoms with Gasteiger partial charge in [0.05, 0.1) is 37.9 Å². The lowest BCUT2D eigenvalue weighted by Crippen LogP contribution is -1.98. The Kier molecular flexibility index (Phi) is 4.67. The van der Waals surface area contributed by atoms with Crippen LogP contribution in [0.15, 0.2) is 55.1 Å². The van der Waals surface area contributed by atoms with Crippen LogP contribution in [0.5, 0.6) is 28.9 Å². The molecule has 142 valence electrons. The van der Waals surface area contributed by atoms with Crippen molar-refractivity contribution in [3.8, 4) is 34.6 Å². The van der Waals surface area contributed by atoms with E-state index in [0.29, 0.717) is 39.8 Å². The van der Waals surface area contributed by atoms with Crippen molar-refractivity contribution in [2.24, 2.45) is 0 Å². The molecule has 8 nitrogen and oxygen atoms in total. The van der Waals surface area contributed by atoms with Gasteiger partial charge in [-0.05, 0) is 12.1 Å². The second-order valence-electron chi connectivity index (χ2n) is 5.82. The monoisotopic (exact) mass is 378 g/mol. The fraction of sp³-hybridized carbons (Fsp3) is 0.150. The van der Waals surface area contributed by atoms with Crippen LogP contribution in [-0.4, -0.2) is 41.1 Å². The maximum atomic E-state index is 6.08. The van der Waals surface area contributed by atoms with E-state index in [1.807, 2.05) is 24.4 Å². The first-order chi connectivity index (χ1) is 13.7. The number of fused-ring (bicyclic) bond motifs is 1. The Morgan fingerprint density at radius 3 is 2.32 bits per heavy atom.